The maximum atomic E-state index is 13.3. The SMILES string of the molecule is CC(=O)NCC#Cc1ccc(OC(F)(F)F)c(F)c1. The third-order valence-corrected chi connectivity index (χ3v) is 1.82. The van der Waals surface area contributed by atoms with Gasteiger partial charge in [0.25, 0.3) is 0 Å². The van der Waals surface area contributed by atoms with E-state index in [2.05, 4.69) is 21.9 Å². The lowest BCUT2D eigenvalue weighted by Crippen LogP contribution is -2.19. The Morgan fingerprint density at radius 1 is 1.42 bits per heavy atom. The van der Waals surface area contributed by atoms with Gasteiger partial charge in [0.1, 0.15) is 0 Å². The van der Waals surface area contributed by atoms with E-state index in [1.807, 2.05) is 0 Å². The van der Waals surface area contributed by atoms with Gasteiger partial charge in [-0.2, -0.15) is 0 Å². The van der Waals surface area contributed by atoms with Crippen LogP contribution < -0.4 is 10.1 Å². The van der Waals surface area contributed by atoms with Crippen LogP contribution in [0.15, 0.2) is 18.2 Å². The Bertz CT molecular complexity index is 529. The summed E-state index contributed by atoms with van der Waals surface area (Å²) in [6.07, 6.45) is -4.94. The molecule has 0 bridgehead atoms. The lowest BCUT2D eigenvalue weighted by Gasteiger charge is -2.09. The number of rotatable bonds is 2. The molecule has 3 nitrogen and oxygen atoms in total. The molecule has 7 heteroatoms. The number of alkyl halides is 3. The smallest absolute Gasteiger partial charge is 0.403 e. The molecule has 0 fully saturated rings. The molecule has 0 aliphatic rings. The zero-order valence-electron chi connectivity index (χ0n) is 9.77. The summed E-state index contributed by atoms with van der Waals surface area (Å²) in [6, 6.07) is 2.85. The number of carbonyl (C=O) groups excluding carboxylic acids is 1. The normalized spacial score (nSPS) is 10.4. The van der Waals surface area contributed by atoms with Crippen molar-refractivity contribution in [1.82, 2.24) is 5.32 Å². The van der Waals surface area contributed by atoms with Gasteiger partial charge < -0.3 is 10.1 Å². The Labute approximate surface area is 106 Å². The molecule has 1 aromatic carbocycles. The number of carbonyl (C=O) groups is 1. The fraction of sp³-hybridized carbons (Fsp3) is 0.250. The minimum absolute atomic E-state index is 0.0672. The van der Waals surface area contributed by atoms with Crippen LogP contribution in [0.25, 0.3) is 0 Å². The highest BCUT2D eigenvalue weighted by Crippen LogP contribution is 2.25. The summed E-state index contributed by atoms with van der Waals surface area (Å²) < 4.78 is 52.4. The lowest BCUT2D eigenvalue weighted by molar-refractivity contribution is -0.275. The van der Waals surface area contributed by atoms with Crippen molar-refractivity contribution in [2.45, 2.75) is 13.3 Å². The van der Waals surface area contributed by atoms with Crippen LogP contribution in [0.3, 0.4) is 0 Å². The third kappa shape index (κ3) is 5.77. The highest BCUT2D eigenvalue weighted by Gasteiger charge is 2.32. The molecule has 1 amide bonds. The van der Waals surface area contributed by atoms with E-state index in [0.717, 1.165) is 12.1 Å². The van der Waals surface area contributed by atoms with Crippen molar-refractivity contribution in [1.29, 1.82) is 0 Å². The van der Waals surface area contributed by atoms with Gasteiger partial charge in [0.15, 0.2) is 11.6 Å². The van der Waals surface area contributed by atoms with E-state index >= 15 is 0 Å². The van der Waals surface area contributed by atoms with Gasteiger partial charge in [-0.25, -0.2) is 4.39 Å². The average molecular weight is 275 g/mol. The van der Waals surface area contributed by atoms with Crippen molar-refractivity contribution in [3.8, 4) is 17.6 Å². The molecule has 0 radical (unpaired) electrons. The molecular weight excluding hydrogens is 266 g/mol. The molecule has 0 aromatic heterocycles. The summed E-state index contributed by atoms with van der Waals surface area (Å²) in [4.78, 5) is 10.5. The molecule has 1 aromatic rings. The number of hydrogen-bond acceptors (Lipinski definition) is 2. The highest BCUT2D eigenvalue weighted by atomic mass is 19.4. The predicted octanol–water partition coefficient (Wildman–Crippen LogP) is 2.21. The van der Waals surface area contributed by atoms with Crippen LogP contribution in [-0.2, 0) is 4.79 Å². The Morgan fingerprint density at radius 3 is 2.63 bits per heavy atom. The van der Waals surface area contributed by atoms with Gasteiger partial charge in [-0.1, -0.05) is 11.8 Å². The van der Waals surface area contributed by atoms with Crippen LogP contribution in [0.2, 0.25) is 0 Å². The summed E-state index contributed by atoms with van der Waals surface area (Å²) in [5.41, 5.74) is 0.178. The Hall–Kier alpha value is -2.23. The minimum atomic E-state index is -4.94. The van der Waals surface area contributed by atoms with Crippen LogP contribution >= 0.6 is 0 Å². The summed E-state index contributed by atoms with van der Waals surface area (Å²) in [6.45, 7) is 1.38. The van der Waals surface area contributed by atoms with E-state index in [-0.39, 0.29) is 18.0 Å². The van der Waals surface area contributed by atoms with Crippen molar-refractivity contribution in [3.63, 3.8) is 0 Å². The fourth-order valence-electron chi connectivity index (χ4n) is 1.10. The predicted molar refractivity (Wildman–Crippen MR) is 58.6 cm³/mol. The second-order valence-corrected chi connectivity index (χ2v) is 3.40. The molecule has 0 saturated carbocycles. The van der Waals surface area contributed by atoms with Gasteiger partial charge in [-0.3, -0.25) is 4.79 Å². The van der Waals surface area contributed by atoms with Gasteiger partial charge in [0.2, 0.25) is 5.91 Å². The maximum absolute atomic E-state index is 13.3. The third-order valence-electron chi connectivity index (χ3n) is 1.82. The minimum Gasteiger partial charge on any atom is -0.403 e. The molecule has 1 rings (SSSR count). The van der Waals surface area contributed by atoms with Gasteiger partial charge in [0.05, 0.1) is 6.54 Å². The fourth-order valence-corrected chi connectivity index (χ4v) is 1.10. The van der Waals surface area contributed by atoms with Gasteiger partial charge >= 0.3 is 6.36 Å². The van der Waals surface area contributed by atoms with E-state index < -0.39 is 17.9 Å². The van der Waals surface area contributed by atoms with Crippen molar-refractivity contribution in [3.05, 3.63) is 29.6 Å². The van der Waals surface area contributed by atoms with Crippen molar-refractivity contribution in [2.24, 2.45) is 0 Å². The number of nitrogens with one attached hydrogen (secondary N) is 1. The summed E-state index contributed by atoms with van der Waals surface area (Å²) in [5.74, 6) is 2.66. The molecule has 102 valence electrons. The highest BCUT2D eigenvalue weighted by molar-refractivity contribution is 5.73. The Morgan fingerprint density at radius 2 is 2.11 bits per heavy atom. The first kappa shape index (κ1) is 14.8. The van der Waals surface area contributed by atoms with E-state index in [4.69, 9.17) is 0 Å². The van der Waals surface area contributed by atoms with E-state index in [1.54, 1.807) is 0 Å². The molecule has 0 aliphatic heterocycles. The number of amides is 1. The largest absolute Gasteiger partial charge is 0.573 e. The zero-order valence-corrected chi connectivity index (χ0v) is 9.77. The van der Waals surface area contributed by atoms with Crippen LogP contribution in [0.4, 0.5) is 17.6 Å². The van der Waals surface area contributed by atoms with Gasteiger partial charge in [-0.15, -0.1) is 13.2 Å². The first-order chi connectivity index (χ1) is 8.78. The molecule has 0 spiro atoms. The Balaban J connectivity index is 2.74. The second-order valence-electron chi connectivity index (χ2n) is 3.40. The molecule has 0 heterocycles. The van der Waals surface area contributed by atoms with Gasteiger partial charge in [0, 0.05) is 12.5 Å². The molecule has 0 unspecified atom stereocenters. The van der Waals surface area contributed by atoms with E-state index in [0.29, 0.717) is 0 Å². The average Bonchev–Trinajstić information content (AvgIpc) is 2.26. The van der Waals surface area contributed by atoms with Crippen molar-refractivity contribution >= 4 is 5.91 Å². The van der Waals surface area contributed by atoms with E-state index in [9.17, 15) is 22.4 Å². The number of halogens is 4. The summed E-state index contributed by atoms with van der Waals surface area (Å²) >= 11 is 0. The molecule has 0 aliphatic carbocycles. The van der Waals surface area contributed by atoms with Crippen LogP contribution in [0.1, 0.15) is 12.5 Å². The summed E-state index contributed by atoms with van der Waals surface area (Å²) in [7, 11) is 0. The van der Waals surface area contributed by atoms with Crippen LogP contribution in [-0.4, -0.2) is 18.8 Å². The number of benzene rings is 1. The zero-order chi connectivity index (χ0) is 14.5. The maximum Gasteiger partial charge on any atom is 0.573 e. The topological polar surface area (TPSA) is 38.3 Å². The number of ether oxygens (including phenoxy) is 1. The van der Waals surface area contributed by atoms with E-state index in [1.165, 1.54) is 13.0 Å². The van der Waals surface area contributed by atoms with Crippen LogP contribution in [0.5, 0.6) is 5.75 Å². The first-order valence-electron chi connectivity index (χ1n) is 5.06. The quantitative estimate of drug-likeness (QED) is 0.664. The number of hydrogen-bond donors (Lipinski definition) is 1. The second kappa shape index (κ2) is 6.09. The molecule has 0 saturated heterocycles. The molecule has 0 atom stereocenters. The molecular formula is C12H9F4NO2. The summed E-state index contributed by atoms with van der Waals surface area (Å²) in [5, 5.41) is 2.39. The lowest BCUT2D eigenvalue weighted by atomic mass is 10.2. The van der Waals surface area contributed by atoms with Gasteiger partial charge in [-0.05, 0) is 18.2 Å². The molecule has 19 heavy (non-hydrogen) atoms. The van der Waals surface area contributed by atoms with Crippen molar-refractivity contribution < 1.29 is 27.1 Å². The van der Waals surface area contributed by atoms with Crippen LogP contribution in [0, 0.1) is 17.7 Å². The van der Waals surface area contributed by atoms with Crippen molar-refractivity contribution in [2.75, 3.05) is 6.54 Å². The first-order valence-corrected chi connectivity index (χ1v) is 5.06. The monoisotopic (exact) mass is 275 g/mol. The Kier molecular flexibility index (Phi) is 4.75. The molecule has 1 N–H and O–H groups in total. The standard InChI is InChI=1S/C12H9F4NO2/c1-8(18)17-6-2-3-9-4-5-11(10(13)7-9)19-12(14,15)16/h4-5,7H,6H2,1H3,(H,17,18).